The van der Waals surface area contributed by atoms with Gasteiger partial charge in [0.25, 0.3) is 11.8 Å². The van der Waals surface area contributed by atoms with Crippen molar-refractivity contribution in [2.24, 2.45) is 0 Å². The van der Waals surface area contributed by atoms with Crippen molar-refractivity contribution < 1.29 is 33.7 Å². The largest absolute Gasteiger partial charge is 0.497 e. The Hall–Kier alpha value is -3.63. The van der Waals surface area contributed by atoms with Gasteiger partial charge in [-0.25, -0.2) is 4.79 Å². The number of fused-ring (bicyclic) bond motifs is 2. The topological polar surface area (TPSA) is 126 Å². The molecule has 0 aromatic heterocycles. The highest BCUT2D eigenvalue weighted by Gasteiger charge is 2.40. The lowest BCUT2D eigenvalue weighted by molar-refractivity contribution is -0.00716. The zero-order valence-corrected chi connectivity index (χ0v) is 24.3. The summed E-state index contributed by atoms with van der Waals surface area (Å²) in [5.41, 5.74) is 2.17. The van der Waals surface area contributed by atoms with Crippen LogP contribution in [0.2, 0.25) is 0 Å². The Morgan fingerprint density at radius 1 is 1.00 bits per heavy atom. The van der Waals surface area contributed by atoms with Crippen molar-refractivity contribution in [3.05, 3.63) is 64.7 Å². The van der Waals surface area contributed by atoms with E-state index < -0.39 is 17.8 Å². The maximum Gasteiger partial charge on any atom is 0.407 e. The molecule has 3 unspecified atom stereocenters. The normalized spacial score (nSPS) is 18.9. The summed E-state index contributed by atoms with van der Waals surface area (Å²) in [6.07, 6.45) is 1.57. The highest BCUT2D eigenvalue weighted by Crippen LogP contribution is 2.30. The van der Waals surface area contributed by atoms with E-state index in [1.807, 2.05) is 23.1 Å². The van der Waals surface area contributed by atoms with E-state index in [-0.39, 0.29) is 37.0 Å². The molecular weight excluding hydrogens is 526 g/mol. The van der Waals surface area contributed by atoms with Crippen molar-refractivity contribution in [2.45, 2.75) is 76.8 Å². The lowest BCUT2D eigenvalue weighted by Crippen LogP contribution is -2.49. The number of carbonyl (C=O) groups is 3. The molecule has 2 heterocycles. The average Bonchev–Trinajstić information content (AvgIpc) is 3.20. The summed E-state index contributed by atoms with van der Waals surface area (Å²) in [5, 5.41) is 16.1. The Balaban J connectivity index is 1.26. The Morgan fingerprint density at radius 3 is 2.29 bits per heavy atom. The fourth-order valence-corrected chi connectivity index (χ4v) is 5.23. The van der Waals surface area contributed by atoms with Crippen LogP contribution in [-0.4, -0.2) is 78.6 Å². The number of morpholine rings is 1. The number of hydrogen-bond acceptors (Lipinski definition) is 7. The van der Waals surface area contributed by atoms with Crippen molar-refractivity contribution in [2.75, 3.05) is 26.9 Å². The molecule has 3 atom stereocenters. The molecule has 0 aliphatic carbocycles. The summed E-state index contributed by atoms with van der Waals surface area (Å²) in [7, 11) is 1.57. The second-order valence-corrected chi connectivity index (χ2v) is 11.6. The molecule has 0 radical (unpaired) electrons. The van der Waals surface area contributed by atoms with Gasteiger partial charge >= 0.3 is 6.09 Å². The van der Waals surface area contributed by atoms with Crippen LogP contribution < -0.4 is 15.4 Å². The van der Waals surface area contributed by atoms with Crippen LogP contribution >= 0.6 is 0 Å². The van der Waals surface area contributed by atoms with Gasteiger partial charge in [0.15, 0.2) is 0 Å². The van der Waals surface area contributed by atoms with Crippen LogP contribution in [0.15, 0.2) is 42.5 Å². The van der Waals surface area contributed by atoms with Crippen molar-refractivity contribution in [1.29, 1.82) is 0 Å². The molecule has 0 saturated carbocycles. The molecule has 222 valence electrons. The molecule has 2 aliphatic heterocycles. The van der Waals surface area contributed by atoms with Crippen molar-refractivity contribution in [3.8, 4) is 5.75 Å². The van der Waals surface area contributed by atoms with Crippen LogP contribution in [0.3, 0.4) is 0 Å². The predicted octanol–water partition coefficient (Wildman–Crippen LogP) is 3.45. The van der Waals surface area contributed by atoms with Crippen LogP contribution in [-0.2, 0) is 22.4 Å². The van der Waals surface area contributed by atoms with Crippen LogP contribution in [0.25, 0.3) is 0 Å². The first-order valence-corrected chi connectivity index (χ1v) is 14.1. The zero-order chi connectivity index (χ0) is 29.6. The van der Waals surface area contributed by atoms with E-state index >= 15 is 0 Å². The molecule has 0 spiro atoms. The third-order valence-corrected chi connectivity index (χ3v) is 7.35. The zero-order valence-electron chi connectivity index (χ0n) is 24.3. The quantitative estimate of drug-likeness (QED) is 0.402. The number of methoxy groups -OCH3 is 1. The number of carbonyl (C=O) groups excluding carboxylic acids is 3. The summed E-state index contributed by atoms with van der Waals surface area (Å²) in [6, 6.07) is 12.5. The molecule has 2 bridgehead atoms. The number of hydrogen-bond donors (Lipinski definition) is 3. The van der Waals surface area contributed by atoms with Gasteiger partial charge in [-0.3, -0.25) is 9.59 Å². The Bertz CT molecular complexity index is 1210. The first-order valence-electron chi connectivity index (χ1n) is 14.1. The number of rotatable bonds is 10. The number of amides is 3. The van der Waals surface area contributed by atoms with Crippen LogP contribution in [0, 0.1) is 0 Å². The SMILES string of the molecule is COc1ccc(CCC(O)CNC(=O)c2ccc(C(=O)N3C4CCC3COC4)cc2)c(CNC(=O)OC(C)(C)C)c1. The van der Waals surface area contributed by atoms with E-state index in [0.29, 0.717) is 42.9 Å². The number of ether oxygens (including phenoxy) is 3. The van der Waals surface area contributed by atoms with E-state index in [0.717, 1.165) is 24.0 Å². The van der Waals surface area contributed by atoms with E-state index in [1.165, 1.54) is 0 Å². The molecule has 2 fully saturated rings. The smallest absolute Gasteiger partial charge is 0.407 e. The second kappa shape index (κ2) is 13.4. The molecule has 2 saturated heterocycles. The monoisotopic (exact) mass is 567 g/mol. The summed E-state index contributed by atoms with van der Waals surface area (Å²) in [5.74, 6) is 0.316. The molecule has 41 heavy (non-hydrogen) atoms. The number of aryl methyl sites for hydroxylation is 1. The molecule has 2 aromatic carbocycles. The summed E-state index contributed by atoms with van der Waals surface area (Å²) >= 11 is 0. The van der Waals surface area contributed by atoms with Gasteiger partial charge in [0.2, 0.25) is 0 Å². The highest BCUT2D eigenvalue weighted by molar-refractivity contribution is 5.98. The van der Waals surface area contributed by atoms with Gasteiger partial charge in [0.1, 0.15) is 11.4 Å². The fraction of sp³-hybridized carbons (Fsp3) is 0.516. The Kier molecular flexibility index (Phi) is 9.88. The maximum absolute atomic E-state index is 13.0. The van der Waals surface area contributed by atoms with Crippen molar-refractivity contribution >= 4 is 17.9 Å². The second-order valence-electron chi connectivity index (χ2n) is 11.6. The van der Waals surface area contributed by atoms with E-state index in [9.17, 15) is 19.5 Å². The Labute approximate surface area is 241 Å². The lowest BCUT2D eigenvalue weighted by Gasteiger charge is -2.34. The highest BCUT2D eigenvalue weighted by atomic mass is 16.6. The Morgan fingerprint density at radius 2 is 1.66 bits per heavy atom. The standard InChI is InChI=1S/C31H41N3O7/c1-31(2,3)41-30(38)33-16-23-15-27(39-4)14-10-20(23)9-13-26(35)17-32-28(36)21-5-7-22(8-6-21)29(37)34-24-11-12-25(34)19-40-18-24/h5-8,10,14-15,24-26,35H,9,11-13,16-19H2,1-4H3,(H,32,36)(H,33,38). The molecule has 4 rings (SSSR count). The van der Waals surface area contributed by atoms with Crippen molar-refractivity contribution in [1.82, 2.24) is 15.5 Å². The van der Waals surface area contributed by atoms with Crippen LogP contribution in [0.4, 0.5) is 4.79 Å². The molecule has 10 nitrogen and oxygen atoms in total. The third-order valence-electron chi connectivity index (χ3n) is 7.35. The number of nitrogens with zero attached hydrogens (tertiary/aromatic N) is 1. The minimum absolute atomic E-state index is 0.0256. The summed E-state index contributed by atoms with van der Waals surface area (Å²) < 4.78 is 16.2. The molecule has 3 N–H and O–H groups in total. The predicted molar refractivity (Wildman–Crippen MR) is 153 cm³/mol. The van der Waals surface area contributed by atoms with Gasteiger partial charge < -0.3 is 34.9 Å². The fourth-order valence-electron chi connectivity index (χ4n) is 5.23. The van der Waals surface area contributed by atoms with E-state index in [2.05, 4.69) is 10.6 Å². The summed E-state index contributed by atoms with van der Waals surface area (Å²) in [6.45, 7) is 6.89. The molecule has 10 heteroatoms. The lowest BCUT2D eigenvalue weighted by atomic mass is 10.0. The number of aliphatic hydroxyl groups is 1. The average molecular weight is 568 g/mol. The first-order chi connectivity index (χ1) is 19.5. The van der Waals surface area contributed by atoms with E-state index in [1.54, 1.807) is 52.1 Å². The maximum atomic E-state index is 13.0. The molecule has 3 amide bonds. The van der Waals surface area contributed by atoms with Gasteiger partial charge in [-0.05, 0) is 94.0 Å². The van der Waals surface area contributed by atoms with Crippen molar-refractivity contribution in [3.63, 3.8) is 0 Å². The number of alkyl carbamates (subject to hydrolysis) is 1. The molecule has 2 aromatic rings. The molecule has 2 aliphatic rings. The van der Waals surface area contributed by atoms with Gasteiger partial charge in [-0.1, -0.05) is 6.07 Å². The summed E-state index contributed by atoms with van der Waals surface area (Å²) in [4.78, 5) is 39.8. The third kappa shape index (κ3) is 8.20. The minimum Gasteiger partial charge on any atom is -0.497 e. The van der Waals surface area contributed by atoms with Crippen LogP contribution in [0.5, 0.6) is 5.75 Å². The van der Waals surface area contributed by atoms with Gasteiger partial charge in [-0.15, -0.1) is 0 Å². The number of benzene rings is 2. The van der Waals surface area contributed by atoms with Gasteiger partial charge in [0.05, 0.1) is 38.5 Å². The van der Waals surface area contributed by atoms with Crippen LogP contribution in [0.1, 0.15) is 71.9 Å². The number of aliphatic hydroxyl groups excluding tert-OH is 1. The minimum atomic E-state index is -0.773. The van der Waals surface area contributed by atoms with Gasteiger partial charge in [-0.2, -0.15) is 0 Å². The molecular formula is C31H41N3O7. The number of nitrogens with one attached hydrogen (secondary N) is 2. The van der Waals surface area contributed by atoms with Gasteiger partial charge in [0, 0.05) is 24.2 Å². The van der Waals surface area contributed by atoms with E-state index in [4.69, 9.17) is 14.2 Å². The first kappa shape index (κ1) is 30.3.